The van der Waals surface area contributed by atoms with Crippen molar-refractivity contribution >= 4 is 17.3 Å². The fraction of sp³-hybridized carbons (Fsp3) is 0. The zero-order valence-electron chi connectivity index (χ0n) is 12.6. The van der Waals surface area contributed by atoms with Gasteiger partial charge < -0.3 is 15.5 Å². The lowest BCUT2D eigenvalue weighted by atomic mass is 10.1. The van der Waals surface area contributed by atoms with Gasteiger partial charge in [-0.1, -0.05) is 0 Å². The summed E-state index contributed by atoms with van der Waals surface area (Å²) in [7, 11) is 0. The molecule has 3 rings (SSSR count). The topological polar surface area (TPSA) is 141 Å². The number of benzene rings is 2. The lowest BCUT2D eigenvalue weighted by Gasteiger charge is -2.06. The van der Waals surface area contributed by atoms with Crippen LogP contribution in [0.3, 0.4) is 0 Å². The lowest BCUT2D eigenvalue weighted by Crippen LogP contribution is -2.12. The van der Waals surface area contributed by atoms with Crippen LogP contribution in [0.15, 0.2) is 48.5 Å². The number of aromatic hydroxyl groups is 2. The van der Waals surface area contributed by atoms with Crippen LogP contribution in [0.4, 0.5) is 11.4 Å². The number of hydrogen-bond acceptors (Lipinski definition) is 6. The third-order valence-corrected chi connectivity index (χ3v) is 3.42. The zero-order valence-corrected chi connectivity index (χ0v) is 12.6. The Hall–Kier alpha value is -3.88. The Balaban J connectivity index is 1.79. The van der Waals surface area contributed by atoms with Crippen molar-refractivity contribution in [2.75, 3.05) is 5.32 Å². The molecule has 0 aliphatic heterocycles. The van der Waals surface area contributed by atoms with Gasteiger partial charge in [-0.05, 0) is 30.3 Å². The molecule has 4 N–H and O–H groups in total. The molecule has 25 heavy (non-hydrogen) atoms. The molecule has 9 heteroatoms. The minimum atomic E-state index is -0.568. The molecule has 3 aromatic rings. The number of H-pyrrole nitrogens is 1. The van der Waals surface area contributed by atoms with E-state index in [0.29, 0.717) is 11.3 Å². The van der Waals surface area contributed by atoms with Gasteiger partial charge in [-0.15, -0.1) is 0 Å². The maximum absolute atomic E-state index is 12.2. The molecule has 0 bridgehead atoms. The molecule has 0 aliphatic rings. The molecule has 0 saturated heterocycles. The first-order valence-electron chi connectivity index (χ1n) is 7.07. The van der Waals surface area contributed by atoms with E-state index in [-0.39, 0.29) is 28.6 Å². The number of non-ortho nitro benzene ring substituents is 1. The maximum atomic E-state index is 12.2. The third-order valence-electron chi connectivity index (χ3n) is 3.42. The Morgan fingerprint density at radius 1 is 1.12 bits per heavy atom. The van der Waals surface area contributed by atoms with E-state index >= 15 is 0 Å². The van der Waals surface area contributed by atoms with Crippen molar-refractivity contribution in [3.63, 3.8) is 0 Å². The van der Waals surface area contributed by atoms with Gasteiger partial charge in [0.15, 0.2) is 0 Å². The molecule has 0 aliphatic carbocycles. The molecular formula is C16H12N4O5. The minimum absolute atomic E-state index is 0.0448. The van der Waals surface area contributed by atoms with Gasteiger partial charge in [0.1, 0.15) is 17.2 Å². The highest BCUT2D eigenvalue weighted by molar-refractivity contribution is 6.04. The largest absolute Gasteiger partial charge is 0.508 e. The minimum Gasteiger partial charge on any atom is -0.508 e. The van der Waals surface area contributed by atoms with Crippen LogP contribution < -0.4 is 5.32 Å². The quantitative estimate of drug-likeness (QED) is 0.249. The zero-order chi connectivity index (χ0) is 18.0. The molecule has 2 aromatic carbocycles. The summed E-state index contributed by atoms with van der Waals surface area (Å²) in [5, 5.41) is 38.7. The molecule has 0 saturated carbocycles. The second kappa shape index (κ2) is 6.32. The number of nitrogens with one attached hydrogen (secondary N) is 2. The SMILES string of the molecule is O=C(Nc1cc(O)ccc1O)c1cc(-c2ccc([N+](=O)[O-])cc2)n[nH]1. The Kier molecular flexibility index (Phi) is 4.04. The Morgan fingerprint density at radius 3 is 2.52 bits per heavy atom. The molecule has 0 atom stereocenters. The number of nitrogens with zero attached hydrogens (tertiary/aromatic N) is 2. The lowest BCUT2D eigenvalue weighted by molar-refractivity contribution is -0.384. The molecule has 1 aromatic heterocycles. The van der Waals surface area contributed by atoms with Crippen LogP contribution in [0.25, 0.3) is 11.3 Å². The summed E-state index contributed by atoms with van der Waals surface area (Å²) in [6, 6.07) is 10.9. The second-order valence-corrected chi connectivity index (χ2v) is 5.13. The van der Waals surface area contributed by atoms with Gasteiger partial charge in [0.05, 0.1) is 16.3 Å². The predicted octanol–water partition coefficient (Wildman–Crippen LogP) is 2.65. The van der Waals surface area contributed by atoms with Gasteiger partial charge in [0.2, 0.25) is 0 Å². The summed E-state index contributed by atoms with van der Waals surface area (Å²) < 4.78 is 0. The average Bonchev–Trinajstić information content (AvgIpc) is 3.08. The van der Waals surface area contributed by atoms with Gasteiger partial charge in [-0.3, -0.25) is 20.0 Å². The van der Waals surface area contributed by atoms with Crippen LogP contribution >= 0.6 is 0 Å². The number of anilines is 1. The van der Waals surface area contributed by atoms with Gasteiger partial charge >= 0.3 is 0 Å². The number of carbonyl (C=O) groups is 1. The van der Waals surface area contributed by atoms with Crippen LogP contribution in [0.5, 0.6) is 11.5 Å². The summed E-state index contributed by atoms with van der Waals surface area (Å²) in [5.74, 6) is -0.868. The van der Waals surface area contributed by atoms with Gasteiger partial charge in [-0.25, -0.2) is 0 Å². The molecule has 1 amide bonds. The summed E-state index contributed by atoms with van der Waals surface area (Å²) in [6.45, 7) is 0. The second-order valence-electron chi connectivity index (χ2n) is 5.13. The van der Waals surface area contributed by atoms with Crippen molar-refractivity contribution in [1.29, 1.82) is 0 Å². The molecule has 9 nitrogen and oxygen atoms in total. The number of aromatic amines is 1. The highest BCUT2D eigenvalue weighted by Crippen LogP contribution is 2.28. The number of hydrogen-bond donors (Lipinski definition) is 4. The normalized spacial score (nSPS) is 10.4. The summed E-state index contributed by atoms with van der Waals surface area (Å²) in [6.07, 6.45) is 0. The first-order chi connectivity index (χ1) is 11.9. The van der Waals surface area contributed by atoms with E-state index in [1.807, 2.05) is 0 Å². The predicted molar refractivity (Wildman–Crippen MR) is 88.4 cm³/mol. The van der Waals surface area contributed by atoms with E-state index < -0.39 is 10.8 Å². The number of nitro groups is 1. The number of phenolic OH excluding ortho intramolecular Hbond substituents is 2. The van der Waals surface area contributed by atoms with E-state index in [9.17, 15) is 25.1 Å². The van der Waals surface area contributed by atoms with Crippen molar-refractivity contribution in [2.45, 2.75) is 0 Å². The van der Waals surface area contributed by atoms with E-state index in [1.165, 1.54) is 48.5 Å². The van der Waals surface area contributed by atoms with Gasteiger partial charge in [0.25, 0.3) is 11.6 Å². The third kappa shape index (κ3) is 3.39. The summed E-state index contributed by atoms with van der Waals surface area (Å²) in [5.41, 5.74) is 1.16. The van der Waals surface area contributed by atoms with E-state index in [0.717, 1.165) is 0 Å². The van der Waals surface area contributed by atoms with Crippen molar-refractivity contribution < 1.29 is 19.9 Å². The number of aromatic nitrogens is 2. The number of phenols is 2. The standard InChI is InChI=1S/C16H12N4O5/c21-11-5-6-15(22)13(7-11)17-16(23)14-8-12(18-19-14)9-1-3-10(4-2-9)20(24)25/h1-8,21-22H,(H,17,23)(H,18,19). The van der Waals surface area contributed by atoms with Crippen molar-refractivity contribution in [2.24, 2.45) is 0 Å². The smallest absolute Gasteiger partial charge is 0.273 e. The number of carbonyl (C=O) groups excluding carboxylic acids is 1. The van der Waals surface area contributed by atoms with Crippen LogP contribution in [-0.4, -0.2) is 31.2 Å². The van der Waals surface area contributed by atoms with Crippen molar-refractivity contribution in [3.05, 3.63) is 64.3 Å². The summed E-state index contributed by atoms with van der Waals surface area (Å²) in [4.78, 5) is 22.4. The van der Waals surface area contributed by atoms with Crippen molar-refractivity contribution in [1.82, 2.24) is 10.2 Å². The Bertz CT molecular complexity index is 949. The molecule has 0 fully saturated rings. The van der Waals surface area contributed by atoms with Gasteiger partial charge in [-0.2, -0.15) is 5.10 Å². The van der Waals surface area contributed by atoms with E-state index in [2.05, 4.69) is 15.5 Å². The van der Waals surface area contributed by atoms with Crippen LogP contribution in [0.1, 0.15) is 10.5 Å². The fourth-order valence-corrected chi connectivity index (χ4v) is 2.15. The van der Waals surface area contributed by atoms with Crippen molar-refractivity contribution in [3.8, 4) is 22.8 Å². The molecule has 0 radical (unpaired) electrons. The molecule has 0 spiro atoms. The van der Waals surface area contributed by atoms with Crippen LogP contribution in [0, 0.1) is 10.1 Å². The average molecular weight is 340 g/mol. The molecular weight excluding hydrogens is 328 g/mol. The maximum Gasteiger partial charge on any atom is 0.273 e. The van der Waals surface area contributed by atoms with Crippen LogP contribution in [0.2, 0.25) is 0 Å². The number of rotatable bonds is 4. The molecule has 126 valence electrons. The highest BCUT2D eigenvalue weighted by atomic mass is 16.6. The first kappa shape index (κ1) is 16.0. The number of nitro benzene ring substituents is 1. The highest BCUT2D eigenvalue weighted by Gasteiger charge is 2.14. The monoisotopic (exact) mass is 340 g/mol. The van der Waals surface area contributed by atoms with Gasteiger partial charge in [0, 0.05) is 23.8 Å². The summed E-state index contributed by atoms with van der Waals surface area (Å²) >= 11 is 0. The van der Waals surface area contributed by atoms with Crippen LogP contribution in [-0.2, 0) is 0 Å². The molecule has 1 heterocycles. The molecule has 0 unspecified atom stereocenters. The fourth-order valence-electron chi connectivity index (χ4n) is 2.15. The Labute approximate surface area is 140 Å². The Morgan fingerprint density at radius 2 is 1.84 bits per heavy atom. The van der Waals surface area contributed by atoms with E-state index in [1.54, 1.807) is 0 Å². The number of amides is 1. The van der Waals surface area contributed by atoms with E-state index in [4.69, 9.17) is 0 Å². The first-order valence-corrected chi connectivity index (χ1v) is 7.07.